The molecule has 2 aromatic rings. The van der Waals surface area contributed by atoms with Crippen molar-refractivity contribution in [2.24, 2.45) is 5.73 Å². The Morgan fingerprint density at radius 1 is 1.37 bits per heavy atom. The third-order valence-corrected chi connectivity index (χ3v) is 7.24. The zero-order chi connectivity index (χ0) is 27.8. The van der Waals surface area contributed by atoms with E-state index in [1.54, 1.807) is 44.6 Å². The first-order valence-electron chi connectivity index (χ1n) is 12.7. The van der Waals surface area contributed by atoms with Crippen LogP contribution in [0.5, 0.6) is 5.75 Å². The van der Waals surface area contributed by atoms with E-state index in [2.05, 4.69) is 10.3 Å². The maximum Gasteiger partial charge on any atom is 0.245 e. The second kappa shape index (κ2) is 10.7. The van der Waals surface area contributed by atoms with Gasteiger partial charge in [0, 0.05) is 38.9 Å². The number of pyridine rings is 1. The molecule has 0 aliphatic carbocycles. The molecule has 3 N–H and O–H groups in total. The normalized spacial score (nSPS) is 21.8. The average molecular weight is 526 g/mol. The molecule has 204 valence electrons. The maximum absolute atomic E-state index is 15.3. The summed E-state index contributed by atoms with van der Waals surface area (Å²) in [7, 11) is 4.75. The van der Waals surface area contributed by atoms with E-state index in [4.69, 9.17) is 15.2 Å². The molecular weight excluding hydrogens is 489 g/mol. The van der Waals surface area contributed by atoms with E-state index in [1.165, 1.54) is 23.8 Å². The number of nitrogens with two attached hydrogens (primary N) is 1. The Labute approximate surface area is 222 Å². The van der Waals surface area contributed by atoms with Crippen LogP contribution in [0.3, 0.4) is 0 Å². The highest BCUT2D eigenvalue weighted by Gasteiger charge is 2.42. The van der Waals surface area contributed by atoms with Gasteiger partial charge >= 0.3 is 0 Å². The first-order valence-corrected chi connectivity index (χ1v) is 12.7. The van der Waals surface area contributed by atoms with E-state index >= 15 is 4.39 Å². The molecule has 3 heterocycles. The number of carbonyl (C=O) groups is 2. The Balaban J connectivity index is 1.61. The Morgan fingerprint density at radius 2 is 2.05 bits per heavy atom. The predicted octanol–water partition coefficient (Wildman–Crippen LogP) is 4.09. The summed E-state index contributed by atoms with van der Waals surface area (Å²) in [5.74, 6) is -2.00. The van der Waals surface area contributed by atoms with Gasteiger partial charge in [-0.1, -0.05) is 12.1 Å². The highest BCUT2D eigenvalue weighted by atomic mass is 19.1. The van der Waals surface area contributed by atoms with Crippen LogP contribution < -0.4 is 15.8 Å². The predicted molar refractivity (Wildman–Crippen MR) is 144 cm³/mol. The third kappa shape index (κ3) is 5.37. The van der Waals surface area contributed by atoms with E-state index in [0.29, 0.717) is 24.2 Å². The summed E-state index contributed by atoms with van der Waals surface area (Å²) in [5.41, 5.74) is 9.48. The highest BCUT2D eigenvalue weighted by molar-refractivity contribution is 5.91. The van der Waals surface area contributed by atoms with Crippen molar-refractivity contribution in [1.29, 1.82) is 0 Å². The molecule has 10 heteroatoms. The molecule has 2 amide bonds. The fourth-order valence-corrected chi connectivity index (χ4v) is 5.13. The van der Waals surface area contributed by atoms with E-state index < -0.39 is 17.9 Å². The summed E-state index contributed by atoms with van der Waals surface area (Å²) < 4.78 is 27.0. The second-order valence-corrected chi connectivity index (χ2v) is 10.2. The lowest BCUT2D eigenvalue weighted by atomic mass is 9.96. The van der Waals surface area contributed by atoms with Gasteiger partial charge in [0.1, 0.15) is 23.9 Å². The quantitative estimate of drug-likeness (QED) is 0.500. The summed E-state index contributed by atoms with van der Waals surface area (Å²) in [5, 5.41) is 3.37. The number of amides is 2. The summed E-state index contributed by atoms with van der Waals surface area (Å²) in [6, 6.07) is 5.37. The number of rotatable bonds is 8. The molecule has 4 rings (SSSR count). The van der Waals surface area contributed by atoms with Gasteiger partial charge in [0.2, 0.25) is 11.8 Å². The molecule has 1 aromatic heterocycles. The lowest BCUT2D eigenvalue weighted by Gasteiger charge is -2.37. The first kappa shape index (κ1) is 27.5. The first-order chi connectivity index (χ1) is 17.9. The Hall–Kier alpha value is -3.50. The molecule has 1 saturated heterocycles. The molecule has 2 aliphatic rings. The van der Waals surface area contributed by atoms with Crippen LogP contribution in [-0.4, -0.2) is 65.7 Å². The van der Waals surface area contributed by atoms with Gasteiger partial charge in [0.05, 0.1) is 18.0 Å². The number of hydrogen-bond donors (Lipinski definition) is 2. The molecule has 0 bridgehead atoms. The van der Waals surface area contributed by atoms with Gasteiger partial charge < -0.3 is 24.6 Å². The number of likely N-dealkylation sites (N-methyl/N-ethyl adjacent to an activating group) is 2. The van der Waals surface area contributed by atoms with Crippen molar-refractivity contribution in [3.8, 4) is 5.75 Å². The van der Waals surface area contributed by atoms with Gasteiger partial charge in [-0.25, -0.2) is 4.39 Å². The zero-order valence-corrected chi connectivity index (χ0v) is 22.7. The molecule has 2 aliphatic heterocycles. The van der Waals surface area contributed by atoms with Gasteiger partial charge in [0.25, 0.3) is 0 Å². The number of carbonyl (C=O) groups excluding carboxylic acids is 2. The van der Waals surface area contributed by atoms with Crippen LogP contribution in [0.1, 0.15) is 62.6 Å². The maximum atomic E-state index is 15.3. The molecule has 38 heavy (non-hydrogen) atoms. The van der Waals surface area contributed by atoms with Crippen molar-refractivity contribution >= 4 is 29.3 Å². The fraction of sp³-hybridized carbons (Fsp3) is 0.464. The standard InChI is InChI=1S/C28H36FN5O4/c1-16-7-12-20-25(38-16)24(17(2)37-6)21(15-31-20)32-19-10-8-18(9-11-19)26(28(3,29)30)34(5)27(36)22-13-14-23(35)33(22)4/h7-12,15-17,22,26,32H,13-14,30H2,1-6H3/t16?,17-,22-,26-,28?/m0/s1. The van der Waals surface area contributed by atoms with Crippen LogP contribution >= 0.6 is 0 Å². The molecule has 2 unspecified atom stereocenters. The molecule has 0 spiro atoms. The largest absolute Gasteiger partial charge is 0.484 e. The summed E-state index contributed by atoms with van der Waals surface area (Å²) in [4.78, 5) is 32.4. The monoisotopic (exact) mass is 525 g/mol. The number of ether oxygens (including phenoxy) is 2. The van der Waals surface area contributed by atoms with Gasteiger partial charge in [-0.05, 0) is 57.0 Å². The summed E-state index contributed by atoms with van der Waals surface area (Å²) >= 11 is 0. The number of methoxy groups -OCH3 is 1. The molecule has 1 fully saturated rings. The topological polar surface area (TPSA) is 110 Å². The van der Waals surface area contributed by atoms with Crippen molar-refractivity contribution in [1.82, 2.24) is 14.8 Å². The van der Waals surface area contributed by atoms with Crippen LogP contribution in [-0.2, 0) is 14.3 Å². The van der Waals surface area contributed by atoms with Crippen molar-refractivity contribution < 1.29 is 23.5 Å². The molecular formula is C28H36FN5O4. The SMILES string of the molecule is CO[C@@H](C)c1c(Nc2ccc([C@H](N(C)C(=O)[C@@H]3CCC(=O)N3C)C(C)(N)F)cc2)cnc2c1OC(C)C=C2. The molecule has 0 radical (unpaired) electrons. The van der Waals surface area contributed by atoms with Crippen LogP contribution in [0, 0.1) is 0 Å². The van der Waals surface area contributed by atoms with Crippen LogP contribution in [0.4, 0.5) is 15.8 Å². The number of alkyl halides is 1. The van der Waals surface area contributed by atoms with Gasteiger partial charge in [-0.2, -0.15) is 0 Å². The average Bonchev–Trinajstić information content (AvgIpc) is 3.21. The Bertz CT molecular complexity index is 1230. The van der Waals surface area contributed by atoms with Gasteiger partial charge in [-0.15, -0.1) is 0 Å². The lowest BCUT2D eigenvalue weighted by Crippen LogP contribution is -2.52. The third-order valence-electron chi connectivity index (χ3n) is 7.24. The minimum Gasteiger partial charge on any atom is -0.484 e. The molecule has 5 atom stereocenters. The number of aromatic nitrogens is 1. The van der Waals surface area contributed by atoms with E-state index in [-0.39, 0.29) is 24.0 Å². The number of anilines is 2. The number of halogens is 1. The van der Waals surface area contributed by atoms with Crippen molar-refractivity contribution in [2.75, 3.05) is 26.5 Å². The Morgan fingerprint density at radius 3 is 2.63 bits per heavy atom. The van der Waals surface area contributed by atoms with E-state index in [1.807, 2.05) is 26.0 Å². The fourth-order valence-electron chi connectivity index (χ4n) is 5.13. The molecule has 9 nitrogen and oxygen atoms in total. The smallest absolute Gasteiger partial charge is 0.245 e. The van der Waals surface area contributed by atoms with Crippen molar-refractivity contribution in [3.63, 3.8) is 0 Å². The zero-order valence-electron chi connectivity index (χ0n) is 22.7. The molecule has 1 aromatic carbocycles. The van der Waals surface area contributed by atoms with Crippen molar-refractivity contribution in [3.05, 3.63) is 53.4 Å². The summed E-state index contributed by atoms with van der Waals surface area (Å²) in [6.07, 6.45) is 5.95. The van der Waals surface area contributed by atoms with Crippen LogP contribution in [0.2, 0.25) is 0 Å². The summed E-state index contributed by atoms with van der Waals surface area (Å²) in [6.45, 7) is 5.13. The van der Waals surface area contributed by atoms with Crippen LogP contribution in [0.15, 0.2) is 36.5 Å². The number of hydrogen-bond acceptors (Lipinski definition) is 7. The van der Waals surface area contributed by atoms with Gasteiger partial charge in [0.15, 0.2) is 11.5 Å². The lowest BCUT2D eigenvalue weighted by molar-refractivity contribution is -0.143. The minimum atomic E-state index is -2.22. The number of nitrogens with zero attached hydrogens (tertiary/aromatic N) is 3. The molecule has 0 saturated carbocycles. The van der Waals surface area contributed by atoms with E-state index in [0.717, 1.165) is 22.6 Å². The second-order valence-electron chi connectivity index (χ2n) is 10.2. The number of nitrogens with one attached hydrogen (secondary N) is 1. The number of fused-ring (bicyclic) bond motifs is 1. The van der Waals surface area contributed by atoms with Gasteiger partial charge in [-0.3, -0.25) is 20.3 Å². The minimum absolute atomic E-state index is 0.0910. The highest BCUT2D eigenvalue weighted by Crippen LogP contribution is 2.40. The van der Waals surface area contributed by atoms with Crippen molar-refractivity contribution in [2.45, 2.75) is 63.7 Å². The van der Waals surface area contributed by atoms with E-state index in [9.17, 15) is 9.59 Å². The number of benzene rings is 1. The van der Waals surface area contributed by atoms with Crippen LogP contribution in [0.25, 0.3) is 6.08 Å². The Kier molecular flexibility index (Phi) is 7.75. The number of likely N-dealkylation sites (tertiary alicyclic amines) is 1.